The predicted octanol–water partition coefficient (Wildman–Crippen LogP) is 3.17. The third-order valence-corrected chi connectivity index (χ3v) is 4.11. The highest BCUT2D eigenvalue weighted by Gasteiger charge is 2.32. The molecule has 0 saturated carbocycles. The van der Waals surface area contributed by atoms with Crippen LogP contribution in [-0.2, 0) is 4.79 Å². The molecule has 1 aliphatic heterocycles. The lowest BCUT2D eigenvalue weighted by Crippen LogP contribution is -2.47. The van der Waals surface area contributed by atoms with Gasteiger partial charge < -0.3 is 15.3 Å². The van der Waals surface area contributed by atoms with Gasteiger partial charge in [0.2, 0.25) is 0 Å². The summed E-state index contributed by atoms with van der Waals surface area (Å²) in [5.74, 6) is -1.12. The Hall–Kier alpha value is -1.56. The topological polar surface area (TPSA) is 69.6 Å². The van der Waals surface area contributed by atoms with Crippen LogP contribution >= 0.6 is 15.9 Å². The highest BCUT2D eigenvalue weighted by atomic mass is 79.9. The number of rotatable bonds is 2. The number of hydrogen-bond donors (Lipinski definition) is 2. The molecular weight excluding hydrogens is 324 g/mol. The number of carbonyl (C=O) groups is 2. The van der Waals surface area contributed by atoms with Gasteiger partial charge in [-0.05, 0) is 44.0 Å². The molecular formula is C14H17BrN2O3. The van der Waals surface area contributed by atoms with Crippen LogP contribution in [0, 0.1) is 5.92 Å². The molecule has 5 nitrogen and oxygen atoms in total. The van der Waals surface area contributed by atoms with Gasteiger partial charge in [-0.15, -0.1) is 0 Å². The maximum atomic E-state index is 12.2. The molecule has 108 valence electrons. The molecule has 1 aromatic rings. The first kappa shape index (κ1) is 14.8. The maximum Gasteiger partial charge on any atom is 0.322 e. The lowest BCUT2D eigenvalue weighted by molar-refractivity contribution is -0.143. The monoisotopic (exact) mass is 340 g/mol. The summed E-state index contributed by atoms with van der Waals surface area (Å²) in [7, 11) is 0. The van der Waals surface area contributed by atoms with Crippen molar-refractivity contribution in [3.05, 3.63) is 28.7 Å². The van der Waals surface area contributed by atoms with Gasteiger partial charge in [0.25, 0.3) is 0 Å². The van der Waals surface area contributed by atoms with Crippen molar-refractivity contribution in [1.82, 2.24) is 4.90 Å². The van der Waals surface area contributed by atoms with E-state index in [0.29, 0.717) is 19.4 Å². The van der Waals surface area contributed by atoms with Crippen molar-refractivity contribution in [2.45, 2.75) is 25.8 Å². The van der Waals surface area contributed by atoms with E-state index in [2.05, 4.69) is 21.2 Å². The Balaban J connectivity index is 1.96. The summed E-state index contributed by atoms with van der Waals surface area (Å²) >= 11 is 3.34. The third-order valence-electron chi connectivity index (χ3n) is 3.58. The number of amides is 2. The van der Waals surface area contributed by atoms with Crippen LogP contribution in [0.4, 0.5) is 10.5 Å². The summed E-state index contributed by atoms with van der Waals surface area (Å²) in [5.41, 5.74) is 0.728. The van der Waals surface area contributed by atoms with Crippen LogP contribution in [0.25, 0.3) is 0 Å². The van der Waals surface area contributed by atoms with Gasteiger partial charge in [-0.1, -0.05) is 15.9 Å². The van der Waals surface area contributed by atoms with Crippen LogP contribution < -0.4 is 5.32 Å². The molecule has 1 aromatic carbocycles. The summed E-state index contributed by atoms with van der Waals surface area (Å²) in [5, 5.41) is 11.9. The number of carboxylic acids is 1. The van der Waals surface area contributed by atoms with E-state index in [0.717, 1.165) is 10.2 Å². The summed E-state index contributed by atoms with van der Waals surface area (Å²) in [4.78, 5) is 24.9. The summed E-state index contributed by atoms with van der Waals surface area (Å²) in [6.45, 7) is 2.36. The Kier molecular flexibility index (Phi) is 4.65. The fourth-order valence-electron chi connectivity index (χ4n) is 2.43. The highest BCUT2D eigenvalue weighted by Crippen LogP contribution is 2.24. The van der Waals surface area contributed by atoms with Crippen LogP contribution in [0.2, 0.25) is 0 Å². The third kappa shape index (κ3) is 3.50. The van der Waals surface area contributed by atoms with E-state index >= 15 is 0 Å². The molecule has 2 rings (SSSR count). The molecule has 2 N–H and O–H groups in total. The maximum absolute atomic E-state index is 12.2. The Morgan fingerprint density at radius 3 is 2.55 bits per heavy atom. The zero-order valence-corrected chi connectivity index (χ0v) is 12.8. The molecule has 0 aliphatic carbocycles. The van der Waals surface area contributed by atoms with Gasteiger partial charge >= 0.3 is 12.0 Å². The molecule has 2 atom stereocenters. The molecule has 2 amide bonds. The van der Waals surface area contributed by atoms with Crippen molar-refractivity contribution < 1.29 is 14.7 Å². The molecule has 0 aromatic heterocycles. The van der Waals surface area contributed by atoms with Crippen molar-refractivity contribution in [3.63, 3.8) is 0 Å². The van der Waals surface area contributed by atoms with E-state index < -0.39 is 5.97 Å². The average Bonchev–Trinajstić information content (AvgIpc) is 2.41. The quantitative estimate of drug-likeness (QED) is 0.868. The molecule has 1 saturated heterocycles. The van der Waals surface area contributed by atoms with Crippen molar-refractivity contribution in [1.29, 1.82) is 0 Å². The number of halogens is 1. The lowest BCUT2D eigenvalue weighted by atomic mass is 9.92. The second kappa shape index (κ2) is 6.26. The van der Waals surface area contributed by atoms with E-state index in [1.807, 2.05) is 31.2 Å². The smallest absolute Gasteiger partial charge is 0.322 e. The molecule has 0 bridgehead atoms. The van der Waals surface area contributed by atoms with Crippen molar-refractivity contribution in [2.24, 2.45) is 5.92 Å². The summed E-state index contributed by atoms with van der Waals surface area (Å²) in [6.07, 6.45) is 1.01. The molecule has 0 radical (unpaired) electrons. The van der Waals surface area contributed by atoms with Gasteiger partial charge in [0, 0.05) is 22.7 Å². The van der Waals surface area contributed by atoms with Gasteiger partial charge in [0.1, 0.15) is 0 Å². The first-order chi connectivity index (χ1) is 9.47. The van der Waals surface area contributed by atoms with E-state index in [-0.39, 0.29) is 18.0 Å². The van der Waals surface area contributed by atoms with Crippen LogP contribution in [0.3, 0.4) is 0 Å². The standard InChI is InChI=1S/C14H17BrN2O3/c1-9-8-10(13(18)19)6-7-17(9)14(20)16-12-4-2-11(15)3-5-12/h2-5,9-10H,6-8H2,1H3,(H,16,20)(H,18,19). The van der Waals surface area contributed by atoms with Gasteiger partial charge in [0.05, 0.1) is 5.92 Å². The molecule has 0 spiro atoms. The lowest BCUT2D eigenvalue weighted by Gasteiger charge is -2.36. The number of nitrogens with one attached hydrogen (secondary N) is 1. The molecule has 2 unspecified atom stereocenters. The normalized spacial score (nSPS) is 22.4. The Morgan fingerprint density at radius 2 is 2.00 bits per heavy atom. The van der Waals surface area contributed by atoms with Crippen LogP contribution in [0.1, 0.15) is 19.8 Å². The Labute approximate surface area is 126 Å². The predicted molar refractivity (Wildman–Crippen MR) is 79.7 cm³/mol. The minimum Gasteiger partial charge on any atom is -0.481 e. The van der Waals surface area contributed by atoms with Crippen molar-refractivity contribution in [2.75, 3.05) is 11.9 Å². The number of piperidine rings is 1. The largest absolute Gasteiger partial charge is 0.481 e. The number of aliphatic carboxylic acids is 1. The van der Waals surface area contributed by atoms with Crippen LogP contribution in [0.5, 0.6) is 0 Å². The van der Waals surface area contributed by atoms with Crippen molar-refractivity contribution >= 4 is 33.6 Å². The first-order valence-corrected chi connectivity index (χ1v) is 7.32. The molecule has 6 heteroatoms. The van der Waals surface area contributed by atoms with Gasteiger partial charge in [0.15, 0.2) is 0 Å². The van der Waals surface area contributed by atoms with Gasteiger partial charge in [-0.25, -0.2) is 4.79 Å². The number of likely N-dealkylation sites (tertiary alicyclic amines) is 1. The SMILES string of the molecule is CC1CC(C(=O)O)CCN1C(=O)Nc1ccc(Br)cc1. The number of benzene rings is 1. The first-order valence-electron chi connectivity index (χ1n) is 6.53. The van der Waals surface area contributed by atoms with E-state index in [9.17, 15) is 9.59 Å². The fraction of sp³-hybridized carbons (Fsp3) is 0.429. The van der Waals surface area contributed by atoms with Gasteiger partial charge in [-0.3, -0.25) is 4.79 Å². The van der Waals surface area contributed by atoms with E-state index in [1.165, 1.54) is 0 Å². The Bertz CT molecular complexity index is 504. The number of carboxylic acid groups (broad SMARTS) is 1. The second-order valence-electron chi connectivity index (χ2n) is 5.04. The minimum absolute atomic E-state index is 0.0692. The molecule has 1 heterocycles. The molecule has 1 aliphatic rings. The molecule has 1 fully saturated rings. The second-order valence-corrected chi connectivity index (χ2v) is 5.95. The zero-order valence-electron chi connectivity index (χ0n) is 11.2. The van der Waals surface area contributed by atoms with Crippen molar-refractivity contribution in [3.8, 4) is 0 Å². The van der Waals surface area contributed by atoms with Gasteiger partial charge in [-0.2, -0.15) is 0 Å². The zero-order chi connectivity index (χ0) is 14.7. The number of carbonyl (C=O) groups excluding carboxylic acids is 1. The molecule has 20 heavy (non-hydrogen) atoms. The van der Waals surface area contributed by atoms with Crippen LogP contribution in [-0.4, -0.2) is 34.6 Å². The van der Waals surface area contributed by atoms with Crippen LogP contribution in [0.15, 0.2) is 28.7 Å². The number of hydrogen-bond acceptors (Lipinski definition) is 2. The van der Waals surface area contributed by atoms with E-state index in [4.69, 9.17) is 5.11 Å². The highest BCUT2D eigenvalue weighted by molar-refractivity contribution is 9.10. The summed E-state index contributed by atoms with van der Waals surface area (Å²) in [6, 6.07) is 7.10. The number of urea groups is 1. The Morgan fingerprint density at radius 1 is 1.35 bits per heavy atom. The summed E-state index contributed by atoms with van der Waals surface area (Å²) < 4.78 is 0.950. The number of nitrogens with zero attached hydrogens (tertiary/aromatic N) is 1. The average molecular weight is 341 g/mol. The van der Waals surface area contributed by atoms with E-state index in [1.54, 1.807) is 4.90 Å². The number of anilines is 1. The minimum atomic E-state index is -0.773. The fourth-order valence-corrected chi connectivity index (χ4v) is 2.69.